The minimum absolute atomic E-state index is 0.0317. The van der Waals surface area contributed by atoms with Crippen molar-refractivity contribution in [2.45, 2.75) is 4.90 Å². The molecule has 0 saturated carbocycles. The molecule has 18 heavy (non-hydrogen) atoms. The molecule has 0 aliphatic heterocycles. The fraction of sp³-hybridized carbons (Fsp3) is 0. The molecule has 2 rings (SSSR count). The molecule has 0 N–H and O–H groups in total. The van der Waals surface area contributed by atoms with Crippen molar-refractivity contribution in [1.82, 2.24) is 0 Å². The van der Waals surface area contributed by atoms with Crippen molar-refractivity contribution in [1.29, 1.82) is 0 Å². The maximum Gasteiger partial charge on any atom is 0.346 e. The van der Waals surface area contributed by atoms with Gasteiger partial charge >= 0.3 is 16.1 Å². The first-order chi connectivity index (χ1) is 8.54. The molecule has 92 valence electrons. The predicted octanol–water partition coefficient (Wildman–Crippen LogP) is 2.26. The molecule has 0 radical (unpaired) electrons. The van der Waals surface area contributed by atoms with Crippen molar-refractivity contribution in [2.75, 3.05) is 0 Å². The molecular weight excluding hydrogens is 252 g/mol. The van der Waals surface area contributed by atoms with E-state index in [0.717, 1.165) is 11.5 Å². The van der Waals surface area contributed by atoms with Gasteiger partial charge in [0.2, 0.25) is 0 Å². The van der Waals surface area contributed by atoms with E-state index in [0.29, 0.717) is 5.39 Å². The number of carbonyl (C=O) groups excluding carboxylic acids is 1. The Labute approximate surface area is 105 Å². The Kier molecular flexibility index (Phi) is 3.16. The molecule has 0 unspecified atom stereocenters. The smallest absolute Gasteiger partial charge is 0.338 e. The molecule has 0 amide bonds. The van der Waals surface area contributed by atoms with Crippen LogP contribution in [0.3, 0.4) is 0 Å². The van der Waals surface area contributed by atoms with Crippen molar-refractivity contribution in [3.63, 3.8) is 0 Å². The van der Waals surface area contributed by atoms with Crippen LogP contribution in [0.5, 0.6) is 0 Å². The highest BCUT2D eigenvalue weighted by molar-refractivity contribution is 7.87. The van der Waals surface area contributed by atoms with E-state index in [1.807, 2.05) is 0 Å². The summed E-state index contributed by atoms with van der Waals surface area (Å²) in [4.78, 5) is 11.0. The van der Waals surface area contributed by atoms with E-state index in [9.17, 15) is 13.2 Å². The average molecular weight is 262 g/mol. The second-order valence-electron chi connectivity index (χ2n) is 3.54. The predicted molar refractivity (Wildman–Crippen MR) is 67.4 cm³/mol. The molecule has 0 atom stereocenters. The molecule has 0 aliphatic carbocycles. The highest BCUT2D eigenvalue weighted by Gasteiger charge is 2.20. The van der Waals surface area contributed by atoms with Crippen LogP contribution >= 0.6 is 0 Å². The van der Waals surface area contributed by atoms with Gasteiger partial charge < -0.3 is 4.18 Å². The SMILES string of the molecule is C=CC(=O)OS(=O)(=O)c1cccc2ccccc12. The zero-order chi connectivity index (χ0) is 13.2. The summed E-state index contributed by atoms with van der Waals surface area (Å²) < 4.78 is 28.2. The summed E-state index contributed by atoms with van der Waals surface area (Å²) in [6, 6.07) is 11.7. The third kappa shape index (κ3) is 2.26. The lowest BCUT2D eigenvalue weighted by Gasteiger charge is -2.06. The summed E-state index contributed by atoms with van der Waals surface area (Å²) in [5, 5.41) is 1.27. The maximum atomic E-state index is 11.9. The lowest BCUT2D eigenvalue weighted by Crippen LogP contribution is -2.11. The monoisotopic (exact) mass is 262 g/mol. The van der Waals surface area contributed by atoms with Gasteiger partial charge in [-0.1, -0.05) is 43.0 Å². The molecular formula is C13H10O4S. The Morgan fingerprint density at radius 2 is 1.78 bits per heavy atom. The molecule has 5 heteroatoms. The fourth-order valence-electron chi connectivity index (χ4n) is 1.60. The first kappa shape index (κ1) is 12.3. The molecule has 0 bridgehead atoms. The standard InChI is InChI=1S/C13H10O4S/c1-2-13(14)17-18(15,16)12-9-5-7-10-6-3-4-8-11(10)12/h2-9H,1H2. The molecule has 0 fully saturated rings. The molecule has 0 aliphatic rings. The van der Waals surface area contributed by atoms with E-state index >= 15 is 0 Å². The molecule has 0 aromatic heterocycles. The van der Waals surface area contributed by atoms with Gasteiger partial charge in [0.05, 0.1) is 0 Å². The van der Waals surface area contributed by atoms with E-state index in [-0.39, 0.29) is 4.90 Å². The van der Waals surface area contributed by atoms with Crippen molar-refractivity contribution in [2.24, 2.45) is 0 Å². The third-order valence-corrected chi connectivity index (χ3v) is 3.66. The summed E-state index contributed by atoms with van der Waals surface area (Å²) >= 11 is 0. The summed E-state index contributed by atoms with van der Waals surface area (Å²) in [6.45, 7) is 3.16. The van der Waals surface area contributed by atoms with Crippen LogP contribution in [0.2, 0.25) is 0 Å². The van der Waals surface area contributed by atoms with Crippen LogP contribution in [0.15, 0.2) is 60.0 Å². The fourth-order valence-corrected chi connectivity index (χ4v) is 2.68. The van der Waals surface area contributed by atoms with Gasteiger partial charge in [0.25, 0.3) is 0 Å². The molecule has 0 spiro atoms. The van der Waals surface area contributed by atoms with Crippen LogP contribution in [0.1, 0.15) is 0 Å². The third-order valence-electron chi connectivity index (χ3n) is 2.38. The Morgan fingerprint density at radius 1 is 1.11 bits per heavy atom. The second kappa shape index (κ2) is 4.62. The second-order valence-corrected chi connectivity index (χ2v) is 5.05. The molecule has 0 heterocycles. The Hall–Kier alpha value is -2.14. The van der Waals surface area contributed by atoms with Gasteiger partial charge in [0.15, 0.2) is 0 Å². The van der Waals surface area contributed by atoms with Gasteiger partial charge in [0, 0.05) is 11.5 Å². The molecule has 2 aromatic rings. The molecule has 4 nitrogen and oxygen atoms in total. The zero-order valence-electron chi connectivity index (χ0n) is 9.37. The quantitative estimate of drug-likeness (QED) is 0.628. The van der Waals surface area contributed by atoms with Gasteiger partial charge in [-0.3, -0.25) is 0 Å². The van der Waals surface area contributed by atoms with Crippen LogP contribution < -0.4 is 0 Å². The maximum absolute atomic E-state index is 11.9. The first-order valence-electron chi connectivity index (χ1n) is 5.13. The van der Waals surface area contributed by atoms with Crippen LogP contribution in [0, 0.1) is 0 Å². The van der Waals surface area contributed by atoms with E-state index in [1.54, 1.807) is 36.4 Å². The Bertz CT molecular complexity index is 711. The minimum Gasteiger partial charge on any atom is -0.338 e. The van der Waals surface area contributed by atoms with E-state index in [1.165, 1.54) is 6.07 Å². The van der Waals surface area contributed by atoms with Gasteiger partial charge in [-0.05, 0) is 11.5 Å². The number of hydrogen-bond acceptors (Lipinski definition) is 4. The van der Waals surface area contributed by atoms with E-state index < -0.39 is 16.1 Å². The van der Waals surface area contributed by atoms with Crippen LogP contribution in [0.25, 0.3) is 10.8 Å². The van der Waals surface area contributed by atoms with Gasteiger partial charge in [-0.15, -0.1) is 0 Å². The number of hydrogen-bond donors (Lipinski definition) is 0. The summed E-state index contributed by atoms with van der Waals surface area (Å²) in [5.74, 6) is -0.997. The van der Waals surface area contributed by atoms with E-state index in [2.05, 4.69) is 10.8 Å². The lowest BCUT2D eigenvalue weighted by atomic mass is 10.1. The summed E-state index contributed by atoms with van der Waals surface area (Å²) in [7, 11) is -4.12. The van der Waals surface area contributed by atoms with Gasteiger partial charge in [-0.2, -0.15) is 8.42 Å². The molecule has 2 aromatic carbocycles. The van der Waals surface area contributed by atoms with Crippen molar-refractivity contribution < 1.29 is 17.4 Å². The highest BCUT2D eigenvalue weighted by atomic mass is 32.2. The van der Waals surface area contributed by atoms with Gasteiger partial charge in [-0.25, -0.2) is 4.79 Å². The number of benzene rings is 2. The van der Waals surface area contributed by atoms with Crippen LogP contribution in [0.4, 0.5) is 0 Å². The van der Waals surface area contributed by atoms with E-state index in [4.69, 9.17) is 0 Å². The summed E-state index contributed by atoms with van der Waals surface area (Å²) in [6.07, 6.45) is 0.808. The number of rotatable bonds is 3. The topological polar surface area (TPSA) is 60.4 Å². The highest BCUT2D eigenvalue weighted by Crippen LogP contribution is 2.24. The average Bonchev–Trinajstić information content (AvgIpc) is 2.37. The first-order valence-corrected chi connectivity index (χ1v) is 6.54. The number of fused-ring (bicyclic) bond motifs is 1. The largest absolute Gasteiger partial charge is 0.346 e. The normalized spacial score (nSPS) is 11.1. The Balaban J connectivity index is 2.61. The lowest BCUT2D eigenvalue weighted by molar-refractivity contribution is -0.128. The number of carbonyl (C=O) groups is 1. The van der Waals surface area contributed by atoms with Crippen molar-refractivity contribution >= 4 is 26.9 Å². The Morgan fingerprint density at radius 3 is 2.50 bits per heavy atom. The van der Waals surface area contributed by atoms with Gasteiger partial charge in [0.1, 0.15) is 4.90 Å². The molecule has 0 saturated heterocycles. The van der Waals surface area contributed by atoms with Crippen LogP contribution in [-0.4, -0.2) is 14.4 Å². The van der Waals surface area contributed by atoms with Crippen molar-refractivity contribution in [3.05, 3.63) is 55.1 Å². The van der Waals surface area contributed by atoms with Crippen LogP contribution in [-0.2, 0) is 19.1 Å². The minimum atomic E-state index is -4.12. The summed E-state index contributed by atoms with van der Waals surface area (Å²) in [5.41, 5.74) is 0. The zero-order valence-corrected chi connectivity index (χ0v) is 10.2. The van der Waals surface area contributed by atoms with Crippen molar-refractivity contribution in [3.8, 4) is 0 Å².